The van der Waals surface area contributed by atoms with Gasteiger partial charge in [-0.3, -0.25) is 15.1 Å². The molecule has 134 valence electrons. The largest absolute Gasteiger partial charge is 0.317 e. The number of nitrogens with zero attached hydrogens (tertiary/aromatic N) is 2. The predicted molar refractivity (Wildman–Crippen MR) is 103 cm³/mol. The topological polar surface area (TPSA) is 68.1 Å². The first-order chi connectivity index (χ1) is 12.7. The zero-order valence-corrected chi connectivity index (χ0v) is 14.9. The average molecular weight is 349 g/mol. The van der Waals surface area contributed by atoms with Gasteiger partial charge >= 0.3 is 0 Å². The van der Waals surface area contributed by atoms with E-state index in [0.29, 0.717) is 5.92 Å². The summed E-state index contributed by atoms with van der Waals surface area (Å²) in [5.74, 6) is 0.680. The molecule has 2 aliphatic rings. The van der Waals surface area contributed by atoms with Gasteiger partial charge in [0.05, 0.1) is 10.6 Å². The lowest BCUT2D eigenvalue weighted by atomic mass is 9.76. The Balaban J connectivity index is 1.88. The Bertz CT molecular complexity index is 870. The first-order valence-electron chi connectivity index (χ1n) is 9.33. The van der Waals surface area contributed by atoms with Gasteiger partial charge in [-0.1, -0.05) is 37.3 Å². The monoisotopic (exact) mass is 349 g/mol. The van der Waals surface area contributed by atoms with E-state index in [1.165, 1.54) is 22.9 Å². The van der Waals surface area contributed by atoms with Crippen LogP contribution in [0.2, 0.25) is 0 Å². The fourth-order valence-electron chi connectivity index (χ4n) is 4.23. The highest BCUT2D eigenvalue weighted by Crippen LogP contribution is 2.42. The molecule has 0 spiro atoms. The van der Waals surface area contributed by atoms with Crippen molar-refractivity contribution in [2.45, 2.75) is 32.1 Å². The minimum Gasteiger partial charge on any atom is -0.317 e. The number of piperidine rings is 1. The van der Waals surface area contributed by atoms with Crippen molar-refractivity contribution in [1.82, 2.24) is 10.3 Å². The molecule has 26 heavy (non-hydrogen) atoms. The van der Waals surface area contributed by atoms with Crippen LogP contribution in [0.1, 0.15) is 53.6 Å². The molecule has 4 rings (SSSR count). The normalized spacial score (nSPS) is 19.5. The van der Waals surface area contributed by atoms with Crippen LogP contribution in [0.3, 0.4) is 0 Å². The van der Waals surface area contributed by atoms with Crippen molar-refractivity contribution < 1.29 is 4.92 Å². The van der Waals surface area contributed by atoms with Gasteiger partial charge < -0.3 is 5.32 Å². The number of aromatic nitrogens is 1. The number of pyridine rings is 1. The Morgan fingerprint density at radius 2 is 1.96 bits per heavy atom. The van der Waals surface area contributed by atoms with Crippen LogP contribution in [-0.4, -0.2) is 23.0 Å². The summed E-state index contributed by atoms with van der Waals surface area (Å²) in [5.41, 5.74) is 5.72. The average Bonchev–Trinajstić information content (AvgIpc) is 2.84. The van der Waals surface area contributed by atoms with Crippen LogP contribution in [0, 0.1) is 16.0 Å². The van der Waals surface area contributed by atoms with Gasteiger partial charge in [-0.15, -0.1) is 0 Å². The molecular formula is C21H23N3O2. The van der Waals surface area contributed by atoms with E-state index in [-0.39, 0.29) is 16.5 Å². The number of rotatable bonds is 3. The fraction of sp³-hybridized carbons (Fsp3) is 0.381. The van der Waals surface area contributed by atoms with Crippen molar-refractivity contribution in [1.29, 1.82) is 0 Å². The maximum atomic E-state index is 11.2. The van der Waals surface area contributed by atoms with E-state index in [2.05, 4.69) is 41.5 Å². The van der Waals surface area contributed by atoms with Crippen LogP contribution in [0.4, 0.5) is 5.69 Å². The first kappa shape index (κ1) is 16.9. The van der Waals surface area contributed by atoms with Crippen LogP contribution < -0.4 is 5.32 Å². The maximum Gasteiger partial charge on any atom is 0.288 e. The van der Waals surface area contributed by atoms with Gasteiger partial charge in [-0.05, 0) is 55.0 Å². The molecule has 1 atom stereocenters. The lowest BCUT2D eigenvalue weighted by Crippen LogP contribution is -2.32. The highest BCUT2D eigenvalue weighted by atomic mass is 16.6. The molecule has 1 aromatic heterocycles. The van der Waals surface area contributed by atoms with Crippen molar-refractivity contribution >= 4 is 17.8 Å². The van der Waals surface area contributed by atoms with Gasteiger partial charge in [0, 0.05) is 17.5 Å². The van der Waals surface area contributed by atoms with Crippen LogP contribution in [-0.2, 0) is 6.42 Å². The molecule has 1 N–H and O–H groups in total. The molecule has 2 heterocycles. The zero-order chi connectivity index (χ0) is 18.1. The molecule has 0 radical (unpaired) electrons. The third-order valence-corrected chi connectivity index (χ3v) is 5.63. The van der Waals surface area contributed by atoms with Crippen molar-refractivity contribution in [3.8, 4) is 0 Å². The van der Waals surface area contributed by atoms with E-state index in [1.54, 1.807) is 6.07 Å². The molecule has 1 unspecified atom stereocenters. The molecule has 1 saturated heterocycles. The summed E-state index contributed by atoms with van der Waals surface area (Å²) in [6.07, 6.45) is 8.69. The van der Waals surface area contributed by atoms with Crippen LogP contribution >= 0.6 is 0 Å². The SMILES string of the molecule is CCc1ccc2c(c1)C=Cc1cc([N+](=O)[O-])cnc1C2C1CCNCC1. The van der Waals surface area contributed by atoms with Crippen molar-refractivity contribution in [2.75, 3.05) is 13.1 Å². The van der Waals surface area contributed by atoms with Gasteiger partial charge in [0.1, 0.15) is 6.20 Å². The number of aryl methyl sites for hydroxylation is 1. The molecule has 1 aliphatic carbocycles. The highest BCUT2D eigenvalue weighted by molar-refractivity contribution is 5.77. The molecule has 0 bridgehead atoms. The van der Waals surface area contributed by atoms with Gasteiger partial charge in [-0.2, -0.15) is 0 Å². The van der Waals surface area contributed by atoms with Crippen molar-refractivity contribution in [3.63, 3.8) is 0 Å². The maximum absolute atomic E-state index is 11.2. The molecule has 1 fully saturated rings. The van der Waals surface area contributed by atoms with Crippen LogP contribution in [0.15, 0.2) is 30.5 Å². The van der Waals surface area contributed by atoms with Crippen LogP contribution in [0.25, 0.3) is 12.2 Å². The number of nitro groups is 1. The molecule has 0 amide bonds. The lowest BCUT2D eigenvalue weighted by molar-refractivity contribution is -0.385. The van der Waals surface area contributed by atoms with Crippen molar-refractivity contribution in [2.24, 2.45) is 5.92 Å². The fourth-order valence-corrected chi connectivity index (χ4v) is 4.23. The van der Waals surface area contributed by atoms with E-state index < -0.39 is 0 Å². The zero-order valence-electron chi connectivity index (χ0n) is 14.9. The molecule has 5 heteroatoms. The van der Waals surface area contributed by atoms with E-state index in [4.69, 9.17) is 0 Å². The summed E-state index contributed by atoms with van der Waals surface area (Å²) in [7, 11) is 0. The van der Waals surface area contributed by atoms with Gasteiger partial charge in [0.25, 0.3) is 5.69 Å². The Hall–Kier alpha value is -2.53. The molecule has 1 aliphatic heterocycles. The summed E-state index contributed by atoms with van der Waals surface area (Å²) in [5, 5.41) is 14.6. The third-order valence-electron chi connectivity index (χ3n) is 5.63. The number of benzene rings is 1. The second-order valence-corrected chi connectivity index (χ2v) is 7.14. The van der Waals surface area contributed by atoms with E-state index in [1.807, 2.05) is 6.08 Å². The molecular weight excluding hydrogens is 326 g/mol. The molecule has 5 nitrogen and oxygen atoms in total. The quantitative estimate of drug-likeness (QED) is 0.667. The Morgan fingerprint density at radius 1 is 1.19 bits per heavy atom. The number of nitrogens with one attached hydrogen (secondary N) is 1. The van der Waals surface area contributed by atoms with Gasteiger partial charge in [0.15, 0.2) is 0 Å². The highest BCUT2D eigenvalue weighted by Gasteiger charge is 2.32. The Morgan fingerprint density at radius 3 is 2.69 bits per heavy atom. The van der Waals surface area contributed by atoms with Gasteiger partial charge in [-0.25, -0.2) is 0 Å². The number of hydrogen-bond donors (Lipinski definition) is 1. The Labute approximate surface area is 153 Å². The lowest BCUT2D eigenvalue weighted by Gasteiger charge is -2.32. The number of hydrogen-bond acceptors (Lipinski definition) is 4. The summed E-state index contributed by atoms with van der Waals surface area (Å²) in [6, 6.07) is 8.36. The van der Waals surface area contributed by atoms with Crippen molar-refractivity contribution in [3.05, 3.63) is 68.5 Å². The summed E-state index contributed by atoms with van der Waals surface area (Å²) in [6.45, 7) is 4.19. The smallest absolute Gasteiger partial charge is 0.288 e. The van der Waals surface area contributed by atoms with E-state index in [0.717, 1.165) is 43.6 Å². The second-order valence-electron chi connectivity index (χ2n) is 7.14. The van der Waals surface area contributed by atoms with Gasteiger partial charge in [0.2, 0.25) is 0 Å². The van der Waals surface area contributed by atoms with E-state index in [9.17, 15) is 10.1 Å². The summed E-state index contributed by atoms with van der Waals surface area (Å²) in [4.78, 5) is 15.4. The molecule has 2 aromatic rings. The summed E-state index contributed by atoms with van der Waals surface area (Å²) >= 11 is 0. The second kappa shape index (κ2) is 7.00. The standard InChI is InChI=1S/C21H23N3O2/c1-2-14-3-6-19-16(11-14)4-5-17-12-18(24(25)26)13-23-21(17)20(19)15-7-9-22-10-8-15/h3-6,11-13,15,20,22H,2,7-10H2,1H3. The summed E-state index contributed by atoms with van der Waals surface area (Å²) < 4.78 is 0. The molecule has 0 saturated carbocycles. The Kier molecular flexibility index (Phi) is 4.55. The van der Waals surface area contributed by atoms with E-state index >= 15 is 0 Å². The minimum atomic E-state index is -0.367. The predicted octanol–water partition coefficient (Wildman–Crippen LogP) is 4.17. The number of fused-ring (bicyclic) bond motifs is 2. The first-order valence-corrected chi connectivity index (χ1v) is 9.33. The third kappa shape index (κ3) is 3.03. The van der Waals surface area contributed by atoms with Crippen LogP contribution in [0.5, 0.6) is 0 Å². The minimum absolute atomic E-state index is 0.0534. The molecule has 1 aromatic carbocycles.